The van der Waals surface area contributed by atoms with Crippen molar-refractivity contribution in [1.82, 2.24) is 4.98 Å². The number of rotatable bonds is 3. The number of carbonyl (C=O) groups excluding carboxylic acids is 1. The van der Waals surface area contributed by atoms with Crippen LogP contribution in [-0.2, 0) is 16.0 Å². The summed E-state index contributed by atoms with van der Waals surface area (Å²) >= 11 is 2.12. The van der Waals surface area contributed by atoms with Crippen molar-refractivity contribution in [3.05, 3.63) is 21.4 Å². The lowest BCUT2D eigenvalue weighted by molar-refractivity contribution is -0.142. The van der Waals surface area contributed by atoms with E-state index in [0.29, 0.717) is 12.4 Å². The molecule has 0 atom stereocenters. The summed E-state index contributed by atoms with van der Waals surface area (Å²) < 4.78 is 5.77. The van der Waals surface area contributed by atoms with E-state index in [4.69, 9.17) is 10.5 Å². The van der Waals surface area contributed by atoms with E-state index in [1.807, 2.05) is 6.07 Å². The molecule has 0 aliphatic rings. The van der Waals surface area contributed by atoms with Crippen LogP contribution in [0.2, 0.25) is 0 Å². The van der Waals surface area contributed by atoms with Crippen LogP contribution in [0.15, 0.2) is 12.3 Å². The average Bonchev–Trinajstić information content (AvgIpc) is 2.12. The van der Waals surface area contributed by atoms with E-state index < -0.39 is 0 Å². The highest BCUT2D eigenvalue weighted by Gasteiger charge is 2.08. The number of hydrogen-bond donors (Lipinski definition) is 1. The minimum Gasteiger partial charge on any atom is -0.466 e. The van der Waals surface area contributed by atoms with Crippen molar-refractivity contribution in [3.63, 3.8) is 0 Å². The van der Waals surface area contributed by atoms with Gasteiger partial charge >= 0.3 is 5.97 Å². The van der Waals surface area contributed by atoms with E-state index in [1.54, 1.807) is 13.1 Å². The largest absolute Gasteiger partial charge is 0.466 e. The molecule has 0 bridgehead atoms. The molecule has 0 unspecified atom stereocenters. The van der Waals surface area contributed by atoms with Crippen molar-refractivity contribution < 1.29 is 9.53 Å². The topological polar surface area (TPSA) is 65.2 Å². The van der Waals surface area contributed by atoms with Gasteiger partial charge in [0.1, 0.15) is 5.82 Å². The third-order valence-corrected chi connectivity index (χ3v) is 2.20. The number of aromatic nitrogens is 1. The van der Waals surface area contributed by atoms with E-state index >= 15 is 0 Å². The van der Waals surface area contributed by atoms with Crippen molar-refractivity contribution in [2.75, 3.05) is 12.3 Å². The summed E-state index contributed by atoms with van der Waals surface area (Å²) in [5.41, 5.74) is 6.33. The number of anilines is 1. The molecule has 5 heteroatoms. The van der Waals surface area contributed by atoms with Gasteiger partial charge in [-0.25, -0.2) is 4.98 Å². The van der Waals surface area contributed by atoms with Gasteiger partial charge < -0.3 is 10.5 Å². The summed E-state index contributed by atoms with van der Waals surface area (Å²) in [6.45, 7) is 2.16. The van der Waals surface area contributed by atoms with Gasteiger partial charge in [-0.3, -0.25) is 4.79 Å². The molecule has 0 aromatic carbocycles. The van der Waals surface area contributed by atoms with Crippen LogP contribution in [-0.4, -0.2) is 17.6 Å². The molecule has 0 amide bonds. The first-order valence-corrected chi connectivity index (χ1v) is 5.27. The van der Waals surface area contributed by atoms with Crippen LogP contribution in [0.1, 0.15) is 12.5 Å². The number of nitrogens with two attached hydrogens (primary N) is 1. The Morgan fingerprint density at radius 3 is 3.07 bits per heavy atom. The van der Waals surface area contributed by atoms with Gasteiger partial charge in [0.05, 0.1) is 13.0 Å². The molecule has 0 fully saturated rings. The van der Waals surface area contributed by atoms with Crippen molar-refractivity contribution in [2.45, 2.75) is 13.3 Å². The molecule has 0 aliphatic carbocycles. The maximum atomic E-state index is 11.2. The highest BCUT2D eigenvalue weighted by Crippen LogP contribution is 2.13. The van der Waals surface area contributed by atoms with Crippen LogP contribution in [0.4, 0.5) is 5.82 Å². The highest BCUT2D eigenvalue weighted by molar-refractivity contribution is 14.1. The molecule has 76 valence electrons. The minimum absolute atomic E-state index is 0.184. The van der Waals surface area contributed by atoms with Crippen LogP contribution in [0, 0.1) is 3.57 Å². The summed E-state index contributed by atoms with van der Waals surface area (Å²) in [6, 6.07) is 1.83. The minimum atomic E-state index is -0.275. The monoisotopic (exact) mass is 306 g/mol. The second-order valence-electron chi connectivity index (χ2n) is 2.68. The fraction of sp³-hybridized carbons (Fsp3) is 0.333. The number of ether oxygens (including phenoxy) is 1. The third kappa shape index (κ3) is 3.13. The third-order valence-electron chi connectivity index (χ3n) is 1.61. The van der Waals surface area contributed by atoms with E-state index in [2.05, 4.69) is 27.6 Å². The van der Waals surface area contributed by atoms with Gasteiger partial charge in [0.25, 0.3) is 0 Å². The maximum Gasteiger partial charge on any atom is 0.310 e. The predicted molar refractivity (Wildman–Crippen MR) is 61.7 cm³/mol. The van der Waals surface area contributed by atoms with E-state index in [9.17, 15) is 4.79 Å². The summed E-state index contributed by atoms with van der Waals surface area (Å²) in [5.74, 6) is 0.112. The zero-order chi connectivity index (χ0) is 10.6. The molecular formula is C9H11IN2O2. The van der Waals surface area contributed by atoms with E-state index in [-0.39, 0.29) is 12.4 Å². The summed E-state index contributed by atoms with van der Waals surface area (Å²) in [5, 5.41) is 0. The van der Waals surface area contributed by atoms with E-state index in [1.165, 1.54) is 0 Å². The van der Waals surface area contributed by atoms with Gasteiger partial charge in [0.15, 0.2) is 0 Å². The second-order valence-corrected chi connectivity index (χ2v) is 3.93. The molecule has 1 heterocycles. The van der Waals surface area contributed by atoms with Gasteiger partial charge in [-0.05, 0) is 35.6 Å². The van der Waals surface area contributed by atoms with Gasteiger partial charge in [-0.2, -0.15) is 0 Å². The molecule has 0 aliphatic heterocycles. The van der Waals surface area contributed by atoms with Crippen LogP contribution >= 0.6 is 22.6 Å². The number of nitrogen functional groups attached to an aromatic ring is 1. The number of carbonyl (C=O) groups is 1. The van der Waals surface area contributed by atoms with Crippen molar-refractivity contribution >= 4 is 34.4 Å². The molecule has 1 rings (SSSR count). The van der Waals surface area contributed by atoms with Crippen molar-refractivity contribution in [1.29, 1.82) is 0 Å². The smallest absolute Gasteiger partial charge is 0.310 e. The number of pyridine rings is 1. The molecule has 4 nitrogen and oxygen atoms in total. The normalized spacial score (nSPS) is 9.86. The Morgan fingerprint density at radius 2 is 2.43 bits per heavy atom. The maximum absolute atomic E-state index is 11.2. The molecule has 0 saturated carbocycles. The van der Waals surface area contributed by atoms with Crippen LogP contribution in [0.5, 0.6) is 0 Å². The Kier molecular flexibility index (Phi) is 4.12. The molecule has 0 saturated heterocycles. The first kappa shape index (κ1) is 11.2. The molecular weight excluding hydrogens is 295 g/mol. The zero-order valence-corrected chi connectivity index (χ0v) is 9.95. The molecule has 2 N–H and O–H groups in total. The fourth-order valence-corrected chi connectivity index (χ4v) is 1.52. The Balaban J connectivity index is 2.75. The Morgan fingerprint density at radius 1 is 1.71 bits per heavy atom. The number of esters is 1. The number of hydrogen-bond acceptors (Lipinski definition) is 4. The highest BCUT2D eigenvalue weighted by atomic mass is 127. The van der Waals surface area contributed by atoms with Gasteiger partial charge in [0.2, 0.25) is 0 Å². The summed E-state index contributed by atoms with van der Waals surface area (Å²) in [6.07, 6.45) is 1.84. The lowest BCUT2D eigenvalue weighted by Crippen LogP contribution is -2.10. The molecule has 14 heavy (non-hydrogen) atoms. The summed E-state index contributed by atoms with van der Waals surface area (Å²) in [4.78, 5) is 15.1. The lowest BCUT2D eigenvalue weighted by atomic mass is 10.2. The zero-order valence-electron chi connectivity index (χ0n) is 7.79. The van der Waals surface area contributed by atoms with Crippen molar-refractivity contribution in [2.24, 2.45) is 0 Å². The summed E-state index contributed by atoms with van der Waals surface area (Å²) in [7, 11) is 0. The standard InChI is InChI=1S/C9H11IN2O2/c1-2-14-8(13)4-6-3-7(10)5-12-9(6)11/h3,5H,2,4H2,1H3,(H2,11,12). The Labute approximate surface area is 96.0 Å². The van der Waals surface area contributed by atoms with Gasteiger partial charge in [-0.15, -0.1) is 0 Å². The van der Waals surface area contributed by atoms with Crippen molar-refractivity contribution in [3.8, 4) is 0 Å². The second kappa shape index (κ2) is 5.14. The average molecular weight is 306 g/mol. The quantitative estimate of drug-likeness (QED) is 0.677. The lowest BCUT2D eigenvalue weighted by Gasteiger charge is -2.04. The van der Waals surface area contributed by atoms with E-state index in [0.717, 1.165) is 9.13 Å². The molecule has 1 aromatic heterocycles. The predicted octanol–water partition coefficient (Wildman–Crippen LogP) is 1.37. The van der Waals surface area contributed by atoms with Crippen LogP contribution in [0.25, 0.3) is 0 Å². The fourth-order valence-electron chi connectivity index (χ4n) is 1.00. The number of nitrogens with zero attached hydrogens (tertiary/aromatic N) is 1. The first-order chi connectivity index (χ1) is 6.63. The molecule has 1 aromatic rings. The van der Waals surface area contributed by atoms with Gasteiger partial charge in [0, 0.05) is 15.3 Å². The Hall–Kier alpha value is -0.850. The molecule has 0 spiro atoms. The van der Waals surface area contributed by atoms with Crippen LogP contribution in [0.3, 0.4) is 0 Å². The number of halogens is 1. The first-order valence-electron chi connectivity index (χ1n) is 4.19. The van der Waals surface area contributed by atoms with Gasteiger partial charge in [-0.1, -0.05) is 0 Å². The SMILES string of the molecule is CCOC(=O)Cc1cc(I)cnc1N. The molecule has 0 radical (unpaired) electrons. The Bertz CT molecular complexity index is 342. The van der Waals surface area contributed by atoms with Crippen LogP contribution < -0.4 is 5.73 Å².